The first-order valence-corrected chi connectivity index (χ1v) is 12.0. The van der Waals surface area contributed by atoms with Gasteiger partial charge < -0.3 is 9.47 Å². The molecule has 1 aliphatic heterocycles. The fourth-order valence-corrected chi connectivity index (χ4v) is 5.83. The van der Waals surface area contributed by atoms with Gasteiger partial charge in [0.05, 0.1) is 23.7 Å². The second-order valence-corrected chi connectivity index (χ2v) is 11.4. The molecule has 1 aliphatic rings. The van der Waals surface area contributed by atoms with Gasteiger partial charge in [0.2, 0.25) is 0 Å². The van der Waals surface area contributed by atoms with E-state index in [9.17, 15) is 10.1 Å². The van der Waals surface area contributed by atoms with Crippen LogP contribution in [0.1, 0.15) is 56.7 Å². The predicted octanol–water partition coefficient (Wildman–Crippen LogP) is 6.26. The Labute approximate surface area is 196 Å². The Bertz CT molecular complexity index is 967. The van der Waals surface area contributed by atoms with Crippen molar-refractivity contribution in [3.8, 4) is 6.07 Å². The number of hydrogen-bond acceptors (Lipinski definition) is 7. The van der Waals surface area contributed by atoms with Crippen LogP contribution in [0.4, 0.5) is 4.79 Å². The molecule has 1 saturated heterocycles. The smallest absolute Gasteiger partial charge is 0.412 e. The van der Waals surface area contributed by atoms with Crippen LogP contribution < -0.4 is 0 Å². The van der Waals surface area contributed by atoms with Crippen LogP contribution in [0, 0.1) is 11.3 Å². The van der Waals surface area contributed by atoms with Gasteiger partial charge in [-0.05, 0) is 59.2 Å². The second kappa shape index (κ2) is 9.37. The number of thioether (sulfide) groups is 1. The topological polar surface area (TPSA) is 75.5 Å². The number of nitrogens with zero attached hydrogens (tertiary/aromatic N) is 3. The van der Waals surface area contributed by atoms with E-state index in [0.29, 0.717) is 23.6 Å². The van der Waals surface area contributed by atoms with Crippen LogP contribution >= 0.6 is 34.7 Å². The number of carbonyl (C=O) groups excluding carboxylic acids is 1. The van der Waals surface area contributed by atoms with Crippen molar-refractivity contribution < 1.29 is 14.3 Å². The fourth-order valence-electron chi connectivity index (χ4n) is 3.43. The first kappa shape index (κ1) is 23.9. The van der Waals surface area contributed by atoms with Crippen molar-refractivity contribution in [2.75, 3.05) is 6.61 Å². The second-order valence-electron chi connectivity index (χ2n) is 8.76. The first-order chi connectivity index (χ1) is 14.5. The van der Waals surface area contributed by atoms with Crippen LogP contribution in [0.5, 0.6) is 0 Å². The Kier molecular flexibility index (Phi) is 7.21. The molecule has 0 bridgehead atoms. The van der Waals surface area contributed by atoms with E-state index < -0.39 is 17.4 Å². The molecule has 31 heavy (non-hydrogen) atoms. The number of hydrogen-bond donors (Lipinski definition) is 0. The molecule has 3 rings (SSSR count). The Morgan fingerprint density at radius 3 is 2.87 bits per heavy atom. The highest BCUT2D eigenvalue weighted by atomic mass is 35.5. The zero-order valence-electron chi connectivity index (χ0n) is 18.2. The molecule has 0 saturated carbocycles. The number of thiazole rings is 1. The summed E-state index contributed by atoms with van der Waals surface area (Å²) < 4.78 is 11.6. The van der Waals surface area contributed by atoms with E-state index in [2.05, 4.69) is 11.1 Å². The lowest BCUT2D eigenvalue weighted by Gasteiger charge is -2.36. The molecule has 166 valence electrons. The third-order valence-electron chi connectivity index (χ3n) is 4.75. The highest BCUT2D eigenvalue weighted by Gasteiger charge is 2.46. The predicted molar refractivity (Wildman–Crippen MR) is 123 cm³/mol. The molecule has 2 heterocycles. The maximum Gasteiger partial charge on any atom is 0.412 e. The molecule has 2 atom stereocenters. The standard InChI is InChI=1S/C22H26ClN3O3S2/c1-21(2,3)29-20(27)26-16(12-28-22(26,4)5)9-18(19-11-25-13-30-19)31-17-8-15(23)7-6-14(17)10-24/h6-8,11,13,16,18H,9,12H2,1-5H3/t16?,18-/m1/s1. The van der Waals surface area contributed by atoms with Crippen molar-refractivity contribution in [1.82, 2.24) is 9.88 Å². The summed E-state index contributed by atoms with van der Waals surface area (Å²) in [6, 6.07) is 7.29. The minimum absolute atomic E-state index is 0.0366. The fraction of sp³-hybridized carbons (Fsp3) is 0.500. The normalized spacial score (nSPS) is 19.1. The number of ether oxygens (including phenoxy) is 2. The van der Waals surface area contributed by atoms with Crippen molar-refractivity contribution in [3.05, 3.63) is 45.4 Å². The van der Waals surface area contributed by atoms with E-state index in [-0.39, 0.29) is 11.3 Å². The lowest BCUT2D eigenvalue weighted by Crippen LogP contribution is -2.50. The van der Waals surface area contributed by atoms with Crippen molar-refractivity contribution >= 4 is 40.8 Å². The van der Waals surface area contributed by atoms with Gasteiger partial charge in [-0.1, -0.05) is 11.6 Å². The van der Waals surface area contributed by atoms with Gasteiger partial charge in [0, 0.05) is 26.2 Å². The largest absolute Gasteiger partial charge is 0.444 e. The number of rotatable bonds is 5. The van der Waals surface area contributed by atoms with Crippen molar-refractivity contribution in [2.45, 2.75) is 68.6 Å². The first-order valence-electron chi connectivity index (χ1n) is 9.91. The number of halogens is 1. The minimum Gasteiger partial charge on any atom is -0.444 e. The Hall–Kier alpha value is -1.79. The van der Waals surface area contributed by atoms with E-state index in [1.165, 1.54) is 0 Å². The van der Waals surface area contributed by atoms with E-state index in [1.54, 1.807) is 51.7 Å². The Morgan fingerprint density at radius 2 is 2.26 bits per heavy atom. The van der Waals surface area contributed by atoms with Gasteiger partial charge in [-0.15, -0.1) is 23.1 Å². The van der Waals surface area contributed by atoms with E-state index in [0.717, 1.165) is 9.77 Å². The lowest BCUT2D eigenvalue weighted by atomic mass is 10.1. The zero-order chi connectivity index (χ0) is 22.8. The average molecular weight is 480 g/mol. The van der Waals surface area contributed by atoms with E-state index >= 15 is 0 Å². The minimum atomic E-state index is -0.774. The Balaban J connectivity index is 1.89. The quantitative estimate of drug-likeness (QED) is 0.471. The molecule has 0 spiro atoms. The lowest BCUT2D eigenvalue weighted by molar-refractivity contribution is -0.0626. The Morgan fingerprint density at radius 1 is 1.52 bits per heavy atom. The van der Waals surface area contributed by atoms with E-state index in [1.807, 2.05) is 40.8 Å². The number of carbonyl (C=O) groups is 1. The summed E-state index contributed by atoms with van der Waals surface area (Å²) in [5.41, 5.74) is 0.974. The van der Waals surface area contributed by atoms with Crippen LogP contribution in [0.2, 0.25) is 5.02 Å². The molecule has 0 N–H and O–H groups in total. The van der Waals surface area contributed by atoms with Gasteiger partial charge in [0.1, 0.15) is 17.4 Å². The highest BCUT2D eigenvalue weighted by Crippen LogP contribution is 2.44. The summed E-state index contributed by atoms with van der Waals surface area (Å²) >= 11 is 9.30. The van der Waals surface area contributed by atoms with Gasteiger partial charge >= 0.3 is 6.09 Å². The number of amides is 1. The maximum absolute atomic E-state index is 13.0. The van der Waals surface area contributed by atoms with E-state index in [4.69, 9.17) is 21.1 Å². The van der Waals surface area contributed by atoms with Crippen LogP contribution in [-0.4, -0.2) is 40.0 Å². The monoisotopic (exact) mass is 479 g/mol. The molecule has 0 aliphatic carbocycles. The molecule has 2 aromatic rings. The third kappa shape index (κ3) is 5.92. The van der Waals surface area contributed by atoms with Gasteiger partial charge in [-0.2, -0.15) is 5.26 Å². The molecular weight excluding hydrogens is 454 g/mol. The van der Waals surface area contributed by atoms with Crippen molar-refractivity contribution in [1.29, 1.82) is 5.26 Å². The zero-order valence-corrected chi connectivity index (χ0v) is 20.6. The van der Waals surface area contributed by atoms with Gasteiger partial charge in [-0.25, -0.2) is 4.79 Å². The maximum atomic E-state index is 13.0. The summed E-state index contributed by atoms with van der Waals surface area (Å²) in [6.07, 6.45) is 2.05. The summed E-state index contributed by atoms with van der Waals surface area (Å²) in [4.78, 5) is 20.8. The molecule has 1 fully saturated rings. The molecule has 1 unspecified atom stereocenters. The molecule has 9 heteroatoms. The molecule has 0 radical (unpaired) electrons. The molecule has 6 nitrogen and oxygen atoms in total. The van der Waals surface area contributed by atoms with Crippen molar-refractivity contribution in [3.63, 3.8) is 0 Å². The van der Waals surface area contributed by atoms with Gasteiger partial charge in [0.25, 0.3) is 0 Å². The summed E-state index contributed by atoms with van der Waals surface area (Å²) in [5.74, 6) is 0. The number of nitriles is 1. The van der Waals surface area contributed by atoms with Crippen molar-refractivity contribution in [2.24, 2.45) is 0 Å². The van der Waals surface area contributed by atoms with Crippen LogP contribution in [0.25, 0.3) is 0 Å². The number of aromatic nitrogens is 1. The molecular formula is C22H26ClN3O3S2. The third-order valence-corrected chi connectivity index (χ3v) is 7.35. The van der Waals surface area contributed by atoms with Gasteiger partial charge in [-0.3, -0.25) is 9.88 Å². The molecule has 1 aromatic heterocycles. The SMILES string of the molecule is CC(C)(C)OC(=O)N1C(C[C@@H](Sc2cc(Cl)ccc2C#N)c2cncs2)COC1(C)C. The highest BCUT2D eigenvalue weighted by molar-refractivity contribution is 7.99. The summed E-state index contributed by atoms with van der Waals surface area (Å²) in [5, 5.41) is 10.1. The summed E-state index contributed by atoms with van der Waals surface area (Å²) in [7, 11) is 0. The van der Waals surface area contributed by atoms with Crippen LogP contribution in [0.15, 0.2) is 34.8 Å². The van der Waals surface area contributed by atoms with Crippen LogP contribution in [-0.2, 0) is 9.47 Å². The van der Waals surface area contributed by atoms with Gasteiger partial charge in [0.15, 0.2) is 0 Å². The summed E-state index contributed by atoms with van der Waals surface area (Å²) in [6.45, 7) is 9.70. The number of benzene rings is 1. The van der Waals surface area contributed by atoms with Crippen LogP contribution in [0.3, 0.4) is 0 Å². The average Bonchev–Trinajstić information content (AvgIpc) is 3.28. The molecule has 1 aromatic carbocycles. The molecule has 1 amide bonds.